The second-order valence-electron chi connectivity index (χ2n) is 6.21. The smallest absolute Gasteiger partial charge is 0.291 e. The summed E-state index contributed by atoms with van der Waals surface area (Å²) >= 11 is 6.34. The van der Waals surface area contributed by atoms with Gasteiger partial charge in [0.2, 0.25) is 0 Å². The van der Waals surface area contributed by atoms with Crippen LogP contribution in [0.2, 0.25) is 5.02 Å². The molecule has 1 amide bonds. The van der Waals surface area contributed by atoms with Crippen LogP contribution in [0.4, 0.5) is 0 Å². The minimum Gasteiger partial charge on any atom is -0.497 e. The van der Waals surface area contributed by atoms with Gasteiger partial charge in [-0.05, 0) is 37.3 Å². The van der Waals surface area contributed by atoms with Crippen molar-refractivity contribution in [1.82, 2.24) is 15.4 Å². The highest BCUT2D eigenvalue weighted by Gasteiger charge is 2.12. The molecule has 31 heavy (non-hydrogen) atoms. The first-order chi connectivity index (χ1) is 15.0. The van der Waals surface area contributed by atoms with Gasteiger partial charge in [-0.15, -0.1) is 0 Å². The van der Waals surface area contributed by atoms with Crippen LogP contribution >= 0.6 is 11.6 Å². The minimum absolute atomic E-state index is 0.0998. The molecule has 0 radical (unpaired) electrons. The Bertz CT molecular complexity index is 1080. The van der Waals surface area contributed by atoms with Crippen LogP contribution in [0, 0.1) is 0 Å². The number of halogens is 1. The van der Waals surface area contributed by atoms with E-state index >= 15 is 0 Å². The number of ether oxygens (including phenoxy) is 3. The molecule has 9 heteroatoms. The highest BCUT2D eigenvalue weighted by atomic mass is 35.5. The zero-order valence-electron chi connectivity index (χ0n) is 17.3. The Morgan fingerprint density at radius 1 is 1.10 bits per heavy atom. The van der Waals surface area contributed by atoms with Crippen molar-refractivity contribution >= 4 is 23.7 Å². The topological polar surface area (TPSA) is 94.9 Å². The third kappa shape index (κ3) is 5.70. The molecule has 0 aliphatic heterocycles. The Balaban J connectivity index is 1.74. The lowest BCUT2D eigenvalue weighted by Gasteiger charge is -2.08. The van der Waals surface area contributed by atoms with E-state index in [1.165, 1.54) is 18.6 Å². The molecule has 0 aliphatic rings. The number of carbonyl (C=O) groups excluding carboxylic acids is 1. The van der Waals surface area contributed by atoms with Gasteiger partial charge in [-0.3, -0.25) is 9.78 Å². The van der Waals surface area contributed by atoms with E-state index in [4.69, 9.17) is 25.8 Å². The SMILES string of the molecule is CCOc1ccc(-c2cncc(C(=O)N/N=C/c3cc(OC)cc(OC)c3)n2)c(Cl)c1. The maximum Gasteiger partial charge on any atom is 0.291 e. The molecule has 8 nitrogen and oxygen atoms in total. The van der Waals surface area contributed by atoms with Crippen LogP contribution in [0.25, 0.3) is 11.3 Å². The van der Waals surface area contributed by atoms with E-state index in [-0.39, 0.29) is 5.69 Å². The van der Waals surface area contributed by atoms with Crippen LogP contribution in [-0.2, 0) is 0 Å². The number of benzene rings is 2. The average Bonchev–Trinajstić information content (AvgIpc) is 2.79. The van der Waals surface area contributed by atoms with Crippen LogP contribution in [0.1, 0.15) is 23.0 Å². The summed E-state index contributed by atoms with van der Waals surface area (Å²) in [5.41, 5.74) is 4.33. The lowest BCUT2D eigenvalue weighted by Crippen LogP contribution is -2.19. The van der Waals surface area contributed by atoms with E-state index in [2.05, 4.69) is 20.5 Å². The average molecular weight is 441 g/mol. The van der Waals surface area contributed by atoms with Crippen LogP contribution in [0.5, 0.6) is 17.2 Å². The third-order valence-electron chi connectivity index (χ3n) is 4.15. The van der Waals surface area contributed by atoms with E-state index in [1.807, 2.05) is 6.92 Å². The van der Waals surface area contributed by atoms with Crippen molar-refractivity contribution in [3.05, 3.63) is 65.1 Å². The molecule has 160 valence electrons. The largest absolute Gasteiger partial charge is 0.497 e. The normalized spacial score (nSPS) is 10.7. The lowest BCUT2D eigenvalue weighted by molar-refractivity contribution is 0.0950. The van der Waals surface area contributed by atoms with E-state index in [0.717, 1.165) is 0 Å². The first kappa shape index (κ1) is 22.0. The molecular weight excluding hydrogens is 420 g/mol. The van der Waals surface area contributed by atoms with E-state index in [1.54, 1.807) is 50.6 Å². The summed E-state index contributed by atoms with van der Waals surface area (Å²) in [7, 11) is 3.11. The Morgan fingerprint density at radius 2 is 1.84 bits per heavy atom. The Labute approximate surface area is 184 Å². The second-order valence-corrected chi connectivity index (χ2v) is 6.62. The first-order valence-corrected chi connectivity index (χ1v) is 9.73. The fourth-order valence-electron chi connectivity index (χ4n) is 2.69. The minimum atomic E-state index is -0.512. The van der Waals surface area contributed by atoms with Crippen molar-refractivity contribution in [1.29, 1.82) is 0 Å². The molecule has 1 aromatic heterocycles. The van der Waals surface area contributed by atoms with Crippen molar-refractivity contribution in [3.63, 3.8) is 0 Å². The predicted octanol–water partition coefficient (Wildman–Crippen LogP) is 3.98. The number of amides is 1. The summed E-state index contributed by atoms with van der Waals surface area (Å²) in [6.07, 6.45) is 4.36. The number of aromatic nitrogens is 2. The van der Waals surface area contributed by atoms with Crippen LogP contribution in [-0.4, -0.2) is 42.9 Å². The number of rotatable bonds is 8. The van der Waals surface area contributed by atoms with Crippen molar-refractivity contribution in [3.8, 4) is 28.5 Å². The maximum atomic E-state index is 12.5. The fraction of sp³-hybridized carbons (Fsp3) is 0.182. The second kappa shape index (κ2) is 10.4. The predicted molar refractivity (Wildman–Crippen MR) is 118 cm³/mol. The molecule has 0 aliphatic carbocycles. The number of hydrogen-bond acceptors (Lipinski definition) is 7. The summed E-state index contributed by atoms with van der Waals surface area (Å²) in [5.74, 6) is 1.36. The molecule has 2 aromatic carbocycles. The number of nitrogens with zero attached hydrogens (tertiary/aromatic N) is 3. The zero-order valence-corrected chi connectivity index (χ0v) is 18.0. The third-order valence-corrected chi connectivity index (χ3v) is 4.46. The Hall–Kier alpha value is -3.65. The van der Waals surface area contributed by atoms with Gasteiger partial charge in [0.1, 0.15) is 22.9 Å². The molecule has 0 saturated heterocycles. The highest BCUT2D eigenvalue weighted by Crippen LogP contribution is 2.30. The zero-order chi connectivity index (χ0) is 22.2. The quantitative estimate of drug-likeness (QED) is 0.420. The van der Waals surface area contributed by atoms with Gasteiger partial charge >= 0.3 is 0 Å². The number of carbonyl (C=O) groups is 1. The first-order valence-electron chi connectivity index (χ1n) is 9.35. The van der Waals surface area contributed by atoms with Crippen LogP contribution < -0.4 is 19.6 Å². The number of methoxy groups -OCH3 is 2. The molecule has 3 aromatic rings. The summed E-state index contributed by atoms with van der Waals surface area (Å²) in [6, 6.07) is 10.5. The molecule has 0 atom stereocenters. The van der Waals surface area contributed by atoms with Gasteiger partial charge < -0.3 is 14.2 Å². The summed E-state index contributed by atoms with van der Waals surface area (Å²) in [6.45, 7) is 2.43. The standard InChI is InChI=1S/C22H21ClN4O4/c1-4-31-15-5-6-18(19(23)10-15)20-12-24-13-21(26-20)22(28)27-25-11-14-7-16(29-2)9-17(8-14)30-3/h5-13H,4H2,1-3H3,(H,27,28)/b25-11+. The van der Waals surface area contributed by atoms with Crippen molar-refractivity contribution in [2.75, 3.05) is 20.8 Å². The Morgan fingerprint density at radius 3 is 2.48 bits per heavy atom. The van der Waals surface area contributed by atoms with E-state index in [0.29, 0.717) is 45.7 Å². The molecule has 0 spiro atoms. The molecule has 0 fully saturated rings. The van der Waals surface area contributed by atoms with Gasteiger partial charge in [0.25, 0.3) is 5.91 Å². The Kier molecular flexibility index (Phi) is 7.40. The van der Waals surface area contributed by atoms with E-state index in [9.17, 15) is 4.79 Å². The summed E-state index contributed by atoms with van der Waals surface area (Å²) in [5, 5.41) is 4.42. The molecule has 0 bridgehead atoms. The van der Waals surface area contributed by atoms with Gasteiger partial charge in [-0.1, -0.05) is 11.6 Å². The number of hydrazone groups is 1. The monoisotopic (exact) mass is 440 g/mol. The lowest BCUT2D eigenvalue weighted by atomic mass is 10.1. The summed E-state index contributed by atoms with van der Waals surface area (Å²) < 4.78 is 15.9. The van der Waals surface area contributed by atoms with Gasteiger partial charge in [0, 0.05) is 17.2 Å². The van der Waals surface area contributed by atoms with E-state index < -0.39 is 5.91 Å². The van der Waals surface area contributed by atoms with Crippen LogP contribution in [0.3, 0.4) is 0 Å². The van der Waals surface area contributed by atoms with Gasteiger partial charge in [-0.25, -0.2) is 10.4 Å². The van der Waals surface area contributed by atoms with Gasteiger partial charge in [0.05, 0.1) is 50.2 Å². The fourth-order valence-corrected chi connectivity index (χ4v) is 2.96. The van der Waals surface area contributed by atoms with Crippen molar-refractivity contribution < 1.29 is 19.0 Å². The summed E-state index contributed by atoms with van der Waals surface area (Å²) in [4.78, 5) is 20.9. The number of nitrogens with one attached hydrogen (secondary N) is 1. The van der Waals surface area contributed by atoms with Crippen LogP contribution in [0.15, 0.2) is 53.9 Å². The molecule has 1 N–H and O–H groups in total. The maximum absolute atomic E-state index is 12.5. The highest BCUT2D eigenvalue weighted by molar-refractivity contribution is 6.33. The number of hydrogen-bond donors (Lipinski definition) is 1. The van der Waals surface area contributed by atoms with Gasteiger partial charge in [-0.2, -0.15) is 5.10 Å². The molecular formula is C22H21ClN4O4. The van der Waals surface area contributed by atoms with Crippen molar-refractivity contribution in [2.24, 2.45) is 5.10 Å². The van der Waals surface area contributed by atoms with Gasteiger partial charge in [0.15, 0.2) is 0 Å². The molecule has 0 saturated carbocycles. The molecule has 1 heterocycles. The molecule has 0 unspecified atom stereocenters. The molecule has 3 rings (SSSR count). The van der Waals surface area contributed by atoms with Crippen molar-refractivity contribution in [2.45, 2.75) is 6.92 Å².